The van der Waals surface area contributed by atoms with Crippen molar-refractivity contribution in [3.8, 4) is 0 Å². The van der Waals surface area contributed by atoms with Gasteiger partial charge in [0.1, 0.15) is 5.54 Å². The first kappa shape index (κ1) is 22.3. The van der Waals surface area contributed by atoms with Crippen LogP contribution < -0.4 is 10.6 Å². The number of likely N-dealkylation sites (tertiary alicyclic amines) is 1. The highest BCUT2D eigenvalue weighted by Crippen LogP contribution is 2.54. The summed E-state index contributed by atoms with van der Waals surface area (Å²) < 4.78 is 0. The van der Waals surface area contributed by atoms with E-state index in [2.05, 4.69) is 10.6 Å². The molecule has 3 amide bonds. The number of aryl methyl sites for hydroxylation is 1. The quantitative estimate of drug-likeness (QED) is 0.568. The summed E-state index contributed by atoms with van der Waals surface area (Å²) in [6.07, 6.45) is 0.500. The van der Waals surface area contributed by atoms with Crippen LogP contribution in [-0.4, -0.2) is 46.3 Å². The molecule has 2 fully saturated rings. The van der Waals surface area contributed by atoms with Gasteiger partial charge in [-0.25, -0.2) is 0 Å². The molecule has 34 heavy (non-hydrogen) atoms. The number of anilines is 1. The Morgan fingerprint density at radius 1 is 1.06 bits per heavy atom. The highest BCUT2D eigenvalue weighted by atomic mass is 16.4. The van der Waals surface area contributed by atoms with Crippen LogP contribution in [0.2, 0.25) is 0 Å². The van der Waals surface area contributed by atoms with Gasteiger partial charge in [0.25, 0.3) is 0 Å². The standard InChI is InChI=1S/C26H27N3O5/c1-14-8-9-17-22(15(14)2)27-25(34)26(17)21-20(18(28-26)10-11-19(30)31)23(32)29(24(21)33)13-12-16-6-4-3-5-7-16/h3-9,18,20-21,28H,10-13H2,1-2H3,(H,27,34)(H,30,31)/t18-,20+,21+,26-/m0/s1. The number of fused-ring (bicyclic) bond motifs is 4. The van der Waals surface area contributed by atoms with Crippen molar-refractivity contribution < 1.29 is 24.3 Å². The Morgan fingerprint density at radius 2 is 1.79 bits per heavy atom. The molecule has 8 nitrogen and oxygen atoms in total. The molecule has 0 unspecified atom stereocenters. The minimum absolute atomic E-state index is 0.150. The molecular weight excluding hydrogens is 434 g/mol. The molecule has 3 N–H and O–H groups in total. The number of amides is 3. The molecule has 5 rings (SSSR count). The fourth-order valence-corrected chi connectivity index (χ4v) is 5.81. The predicted molar refractivity (Wildman–Crippen MR) is 124 cm³/mol. The molecule has 8 heteroatoms. The number of carboxylic acids is 1. The van der Waals surface area contributed by atoms with Gasteiger partial charge in [-0.1, -0.05) is 42.5 Å². The van der Waals surface area contributed by atoms with E-state index in [1.54, 1.807) is 0 Å². The monoisotopic (exact) mass is 461 g/mol. The molecule has 3 heterocycles. The lowest BCUT2D eigenvalue weighted by Crippen LogP contribution is -2.53. The minimum Gasteiger partial charge on any atom is -0.481 e. The lowest BCUT2D eigenvalue weighted by molar-refractivity contribution is -0.143. The van der Waals surface area contributed by atoms with Crippen molar-refractivity contribution in [3.05, 3.63) is 64.7 Å². The molecule has 2 saturated heterocycles. The average Bonchev–Trinajstić information content (AvgIpc) is 3.39. The van der Waals surface area contributed by atoms with Crippen LogP contribution >= 0.6 is 0 Å². The second-order valence-electron chi connectivity index (χ2n) is 9.44. The molecule has 4 atom stereocenters. The Hall–Kier alpha value is -3.52. The maximum Gasteiger partial charge on any atom is 0.303 e. The van der Waals surface area contributed by atoms with E-state index in [0.717, 1.165) is 16.7 Å². The molecule has 0 aliphatic carbocycles. The summed E-state index contributed by atoms with van der Waals surface area (Å²) in [5, 5.41) is 15.5. The predicted octanol–water partition coefficient (Wildman–Crippen LogP) is 2.13. The number of hydrogen-bond acceptors (Lipinski definition) is 5. The van der Waals surface area contributed by atoms with E-state index in [9.17, 15) is 24.3 Å². The number of rotatable bonds is 6. The van der Waals surface area contributed by atoms with Crippen molar-refractivity contribution in [2.24, 2.45) is 11.8 Å². The molecule has 0 bridgehead atoms. The zero-order valence-electron chi connectivity index (χ0n) is 19.1. The van der Waals surface area contributed by atoms with Gasteiger partial charge in [0.2, 0.25) is 17.7 Å². The van der Waals surface area contributed by atoms with Gasteiger partial charge in [0, 0.05) is 30.3 Å². The summed E-state index contributed by atoms with van der Waals surface area (Å²) in [5.74, 6) is -3.78. The number of aliphatic carboxylic acids is 1. The normalized spacial score (nSPS) is 27.3. The van der Waals surface area contributed by atoms with Crippen LogP contribution in [0.25, 0.3) is 0 Å². The summed E-state index contributed by atoms with van der Waals surface area (Å²) >= 11 is 0. The largest absolute Gasteiger partial charge is 0.481 e. The zero-order chi connectivity index (χ0) is 24.2. The van der Waals surface area contributed by atoms with Crippen LogP contribution in [0.5, 0.6) is 0 Å². The lowest BCUT2D eigenvalue weighted by atomic mass is 9.76. The number of imide groups is 1. The summed E-state index contributed by atoms with van der Waals surface area (Å²) in [4.78, 5) is 53.4. The van der Waals surface area contributed by atoms with Crippen LogP contribution in [0.15, 0.2) is 42.5 Å². The van der Waals surface area contributed by atoms with Crippen molar-refractivity contribution >= 4 is 29.4 Å². The van der Waals surface area contributed by atoms with E-state index in [1.807, 2.05) is 56.3 Å². The zero-order valence-corrected chi connectivity index (χ0v) is 19.1. The van der Waals surface area contributed by atoms with E-state index in [4.69, 9.17) is 0 Å². The molecule has 176 valence electrons. The molecule has 0 saturated carbocycles. The van der Waals surface area contributed by atoms with Crippen LogP contribution in [0, 0.1) is 25.7 Å². The first-order chi connectivity index (χ1) is 16.3. The van der Waals surface area contributed by atoms with Gasteiger partial charge >= 0.3 is 5.97 Å². The van der Waals surface area contributed by atoms with Crippen molar-refractivity contribution in [3.63, 3.8) is 0 Å². The average molecular weight is 462 g/mol. The van der Waals surface area contributed by atoms with E-state index < -0.39 is 29.4 Å². The van der Waals surface area contributed by atoms with E-state index in [-0.39, 0.29) is 37.1 Å². The molecule has 3 aliphatic rings. The van der Waals surface area contributed by atoms with E-state index in [1.165, 1.54) is 4.90 Å². The van der Waals surface area contributed by atoms with Crippen molar-refractivity contribution in [2.75, 3.05) is 11.9 Å². The SMILES string of the molecule is Cc1ccc2c(c1C)NC(=O)[C@]21N[C@@H](CCC(=O)O)[C@H]2C(=O)N(CCc3ccccc3)C(=O)[C@@H]21. The Labute approximate surface area is 197 Å². The van der Waals surface area contributed by atoms with Gasteiger partial charge in [-0.2, -0.15) is 0 Å². The smallest absolute Gasteiger partial charge is 0.303 e. The summed E-state index contributed by atoms with van der Waals surface area (Å²) in [5.41, 5.74) is 2.85. The number of nitrogens with one attached hydrogen (secondary N) is 2. The van der Waals surface area contributed by atoms with Crippen molar-refractivity contribution in [1.29, 1.82) is 0 Å². The lowest BCUT2D eigenvalue weighted by Gasteiger charge is -2.29. The summed E-state index contributed by atoms with van der Waals surface area (Å²) in [6, 6.07) is 12.7. The first-order valence-electron chi connectivity index (χ1n) is 11.6. The molecule has 2 aromatic rings. The summed E-state index contributed by atoms with van der Waals surface area (Å²) in [7, 11) is 0. The Bertz CT molecular complexity index is 1210. The van der Waals surface area contributed by atoms with Gasteiger partial charge in [-0.3, -0.25) is 29.4 Å². The fourth-order valence-electron chi connectivity index (χ4n) is 5.81. The molecular formula is C26H27N3O5. The van der Waals surface area contributed by atoms with E-state index in [0.29, 0.717) is 17.7 Å². The third kappa shape index (κ3) is 3.16. The Morgan fingerprint density at radius 3 is 2.50 bits per heavy atom. The van der Waals surface area contributed by atoms with Crippen molar-refractivity contribution in [2.45, 2.75) is 44.7 Å². The third-order valence-electron chi connectivity index (χ3n) is 7.65. The van der Waals surface area contributed by atoms with Crippen molar-refractivity contribution in [1.82, 2.24) is 10.2 Å². The number of benzene rings is 2. The Balaban J connectivity index is 1.55. The number of carbonyl (C=O) groups is 4. The van der Waals surface area contributed by atoms with Gasteiger partial charge in [0.15, 0.2) is 0 Å². The van der Waals surface area contributed by atoms with Crippen LogP contribution in [-0.2, 0) is 31.1 Å². The topological polar surface area (TPSA) is 116 Å². The number of nitrogens with zero attached hydrogens (tertiary/aromatic N) is 1. The minimum atomic E-state index is -1.39. The maximum atomic E-state index is 13.7. The second kappa shape index (κ2) is 8.06. The van der Waals surface area contributed by atoms with E-state index >= 15 is 0 Å². The van der Waals surface area contributed by atoms with Gasteiger partial charge in [0.05, 0.1) is 11.8 Å². The number of hydrogen-bond donors (Lipinski definition) is 3. The summed E-state index contributed by atoms with van der Waals surface area (Å²) in [6.45, 7) is 4.08. The second-order valence-corrected chi connectivity index (χ2v) is 9.44. The molecule has 3 aliphatic heterocycles. The van der Waals surface area contributed by atoms with Gasteiger partial charge in [-0.15, -0.1) is 0 Å². The number of carbonyl (C=O) groups excluding carboxylic acids is 3. The number of carboxylic acid groups (broad SMARTS) is 1. The Kier molecular flexibility index (Phi) is 5.28. The molecule has 0 aromatic heterocycles. The van der Waals surface area contributed by atoms with Gasteiger partial charge in [-0.05, 0) is 43.4 Å². The van der Waals surface area contributed by atoms with Crippen LogP contribution in [0.4, 0.5) is 5.69 Å². The highest BCUT2D eigenvalue weighted by molar-refractivity contribution is 6.15. The fraction of sp³-hybridized carbons (Fsp3) is 0.385. The van der Waals surface area contributed by atoms with Crippen LogP contribution in [0.1, 0.15) is 35.1 Å². The van der Waals surface area contributed by atoms with Gasteiger partial charge < -0.3 is 10.4 Å². The maximum absolute atomic E-state index is 13.7. The third-order valence-corrected chi connectivity index (χ3v) is 7.65. The molecule has 0 radical (unpaired) electrons. The highest BCUT2D eigenvalue weighted by Gasteiger charge is 2.70. The molecule has 2 aromatic carbocycles. The first-order valence-corrected chi connectivity index (χ1v) is 11.6. The van der Waals surface area contributed by atoms with Crippen LogP contribution in [0.3, 0.4) is 0 Å². The molecule has 1 spiro atoms.